The summed E-state index contributed by atoms with van der Waals surface area (Å²) in [6.45, 7) is 0. The fourth-order valence-corrected chi connectivity index (χ4v) is 2.81. The molecular formula is C19H18N4O3S. The largest absolute Gasteiger partial charge is 0.411 e. The third-order valence-corrected chi connectivity index (χ3v) is 4.39. The lowest BCUT2D eigenvalue weighted by Gasteiger charge is -2.10. The standard InChI is InChI=1S/C19H18N4O3S/c1-23(2)18(25)14-8-10-15(11-9-14)20-16(24)12-27-19-22-21-17(26-19)13-6-4-3-5-7-13/h3-11H,12H2,1-2H3,(H,20,24). The van der Waals surface area contributed by atoms with Crippen LogP contribution in [-0.2, 0) is 4.79 Å². The molecule has 8 heteroatoms. The number of carbonyl (C=O) groups is 2. The quantitative estimate of drug-likeness (QED) is 0.659. The minimum atomic E-state index is -0.203. The van der Waals surface area contributed by atoms with Crippen molar-refractivity contribution in [2.24, 2.45) is 0 Å². The first-order valence-corrected chi connectivity index (χ1v) is 9.15. The van der Waals surface area contributed by atoms with Gasteiger partial charge in [0.2, 0.25) is 11.8 Å². The van der Waals surface area contributed by atoms with Gasteiger partial charge in [0.1, 0.15) is 0 Å². The second-order valence-corrected chi connectivity index (χ2v) is 6.78. The van der Waals surface area contributed by atoms with E-state index in [4.69, 9.17) is 4.42 Å². The minimum absolute atomic E-state index is 0.0888. The van der Waals surface area contributed by atoms with E-state index in [2.05, 4.69) is 15.5 Å². The highest BCUT2D eigenvalue weighted by Gasteiger charge is 2.12. The Morgan fingerprint density at radius 2 is 1.74 bits per heavy atom. The monoisotopic (exact) mass is 382 g/mol. The van der Waals surface area contributed by atoms with Crippen molar-refractivity contribution in [2.45, 2.75) is 5.22 Å². The van der Waals surface area contributed by atoms with E-state index in [1.54, 1.807) is 38.4 Å². The van der Waals surface area contributed by atoms with E-state index < -0.39 is 0 Å². The average Bonchev–Trinajstić information content (AvgIpc) is 3.16. The third-order valence-electron chi connectivity index (χ3n) is 3.58. The zero-order valence-electron chi connectivity index (χ0n) is 14.9. The molecule has 0 saturated heterocycles. The van der Waals surface area contributed by atoms with Gasteiger partial charge in [-0.15, -0.1) is 10.2 Å². The number of hydrogen-bond donors (Lipinski definition) is 1. The van der Waals surface area contributed by atoms with Gasteiger partial charge in [-0.1, -0.05) is 30.0 Å². The first-order chi connectivity index (χ1) is 13.0. The molecule has 2 aromatic carbocycles. The Balaban J connectivity index is 1.53. The molecule has 0 radical (unpaired) electrons. The van der Waals surface area contributed by atoms with E-state index in [1.807, 2.05) is 30.3 Å². The summed E-state index contributed by atoms with van der Waals surface area (Å²) in [5.74, 6) is 0.259. The molecule has 0 fully saturated rings. The van der Waals surface area contributed by atoms with Gasteiger partial charge in [-0.2, -0.15) is 0 Å². The van der Waals surface area contributed by atoms with Gasteiger partial charge >= 0.3 is 0 Å². The molecule has 3 aromatic rings. The average molecular weight is 382 g/mol. The molecule has 0 aliphatic rings. The molecular weight excluding hydrogens is 364 g/mol. The van der Waals surface area contributed by atoms with Gasteiger partial charge in [0.05, 0.1) is 5.75 Å². The fourth-order valence-electron chi connectivity index (χ4n) is 2.24. The number of nitrogens with zero attached hydrogens (tertiary/aromatic N) is 3. The summed E-state index contributed by atoms with van der Waals surface area (Å²) in [6, 6.07) is 16.2. The van der Waals surface area contributed by atoms with Gasteiger partial charge in [-0.25, -0.2) is 0 Å². The van der Waals surface area contributed by atoms with Gasteiger partial charge < -0.3 is 14.6 Å². The Bertz CT molecular complexity index is 924. The van der Waals surface area contributed by atoms with Crippen LogP contribution in [0, 0.1) is 0 Å². The summed E-state index contributed by atoms with van der Waals surface area (Å²) >= 11 is 1.16. The van der Waals surface area contributed by atoms with Crippen molar-refractivity contribution >= 4 is 29.3 Å². The fraction of sp³-hybridized carbons (Fsp3) is 0.158. The maximum Gasteiger partial charge on any atom is 0.277 e. The lowest BCUT2D eigenvalue weighted by atomic mass is 10.2. The highest BCUT2D eigenvalue weighted by Crippen LogP contribution is 2.23. The summed E-state index contributed by atoms with van der Waals surface area (Å²) in [5.41, 5.74) is 2.01. The van der Waals surface area contributed by atoms with Gasteiger partial charge in [-0.3, -0.25) is 9.59 Å². The minimum Gasteiger partial charge on any atom is -0.411 e. The number of aromatic nitrogens is 2. The lowest BCUT2D eigenvalue weighted by molar-refractivity contribution is -0.113. The van der Waals surface area contributed by atoms with Crippen LogP contribution < -0.4 is 5.32 Å². The molecule has 0 unspecified atom stereocenters. The van der Waals surface area contributed by atoms with Gasteiger partial charge in [-0.05, 0) is 36.4 Å². The van der Waals surface area contributed by atoms with E-state index >= 15 is 0 Å². The molecule has 1 heterocycles. The van der Waals surface area contributed by atoms with Crippen molar-refractivity contribution in [1.82, 2.24) is 15.1 Å². The van der Waals surface area contributed by atoms with Crippen LogP contribution in [0.1, 0.15) is 10.4 Å². The summed E-state index contributed by atoms with van der Waals surface area (Å²) in [6.07, 6.45) is 0. The van der Waals surface area contributed by atoms with Crippen molar-refractivity contribution in [3.8, 4) is 11.5 Å². The number of thioether (sulfide) groups is 1. The number of hydrogen-bond acceptors (Lipinski definition) is 6. The molecule has 7 nitrogen and oxygen atoms in total. The molecule has 1 N–H and O–H groups in total. The Morgan fingerprint density at radius 1 is 1.04 bits per heavy atom. The molecule has 0 aliphatic carbocycles. The van der Waals surface area contributed by atoms with Crippen molar-refractivity contribution in [3.63, 3.8) is 0 Å². The van der Waals surface area contributed by atoms with E-state index in [1.165, 1.54) is 4.90 Å². The van der Waals surface area contributed by atoms with Crippen LogP contribution in [-0.4, -0.2) is 46.8 Å². The van der Waals surface area contributed by atoms with Crippen molar-refractivity contribution in [2.75, 3.05) is 25.2 Å². The summed E-state index contributed by atoms with van der Waals surface area (Å²) in [5, 5.41) is 11.0. The Kier molecular flexibility index (Phi) is 5.87. The van der Waals surface area contributed by atoms with Crippen LogP contribution in [0.4, 0.5) is 5.69 Å². The number of amides is 2. The molecule has 0 saturated carbocycles. The Morgan fingerprint density at radius 3 is 2.41 bits per heavy atom. The van der Waals surface area contributed by atoms with Crippen LogP contribution in [0.3, 0.4) is 0 Å². The Hall–Kier alpha value is -3.13. The molecule has 138 valence electrons. The smallest absolute Gasteiger partial charge is 0.277 e. The van der Waals surface area contributed by atoms with Gasteiger partial charge in [0, 0.05) is 30.9 Å². The second-order valence-electron chi connectivity index (χ2n) is 5.85. The van der Waals surface area contributed by atoms with E-state index in [0.717, 1.165) is 17.3 Å². The van der Waals surface area contributed by atoms with Gasteiger partial charge in [0.25, 0.3) is 11.1 Å². The first-order valence-electron chi connectivity index (χ1n) is 8.16. The van der Waals surface area contributed by atoms with Crippen LogP contribution in [0.15, 0.2) is 64.2 Å². The van der Waals surface area contributed by atoms with E-state index in [-0.39, 0.29) is 17.6 Å². The van der Waals surface area contributed by atoms with E-state index in [9.17, 15) is 9.59 Å². The van der Waals surface area contributed by atoms with E-state index in [0.29, 0.717) is 22.4 Å². The number of carbonyl (C=O) groups excluding carboxylic acids is 2. The molecule has 27 heavy (non-hydrogen) atoms. The highest BCUT2D eigenvalue weighted by molar-refractivity contribution is 7.99. The predicted molar refractivity (Wildman–Crippen MR) is 104 cm³/mol. The molecule has 0 bridgehead atoms. The second kappa shape index (κ2) is 8.50. The first kappa shape index (κ1) is 18.7. The number of benzene rings is 2. The molecule has 3 rings (SSSR count). The van der Waals surface area contributed by atoms with Crippen molar-refractivity contribution in [3.05, 3.63) is 60.2 Å². The summed E-state index contributed by atoms with van der Waals surface area (Å²) in [4.78, 5) is 25.4. The molecule has 1 aromatic heterocycles. The molecule has 0 aliphatic heterocycles. The van der Waals surface area contributed by atoms with Crippen molar-refractivity contribution in [1.29, 1.82) is 0 Å². The molecule has 2 amide bonds. The Labute approximate surface area is 160 Å². The highest BCUT2D eigenvalue weighted by atomic mass is 32.2. The third kappa shape index (κ3) is 4.95. The maximum absolute atomic E-state index is 12.1. The predicted octanol–water partition coefficient (Wildman–Crippen LogP) is 3.17. The van der Waals surface area contributed by atoms with Crippen LogP contribution in [0.25, 0.3) is 11.5 Å². The van der Waals surface area contributed by atoms with Crippen LogP contribution >= 0.6 is 11.8 Å². The molecule has 0 atom stereocenters. The van der Waals surface area contributed by atoms with Crippen molar-refractivity contribution < 1.29 is 14.0 Å². The summed E-state index contributed by atoms with van der Waals surface area (Å²) < 4.78 is 5.55. The number of anilines is 1. The number of nitrogens with one attached hydrogen (secondary N) is 1. The zero-order chi connectivity index (χ0) is 19.2. The lowest BCUT2D eigenvalue weighted by Crippen LogP contribution is -2.21. The SMILES string of the molecule is CN(C)C(=O)c1ccc(NC(=O)CSc2nnc(-c3ccccc3)o2)cc1. The summed E-state index contributed by atoms with van der Waals surface area (Å²) in [7, 11) is 3.38. The zero-order valence-corrected chi connectivity index (χ0v) is 15.7. The van der Waals surface area contributed by atoms with Crippen LogP contribution in [0.2, 0.25) is 0 Å². The van der Waals surface area contributed by atoms with Gasteiger partial charge in [0.15, 0.2) is 0 Å². The normalized spacial score (nSPS) is 10.4. The van der Waals surface area contributed by atoms with Crippen LogP contribution in [0.5, 0.6) is 0 Å². The number of rotatable bonds is 6. The topological polar surface area (TPSA) is 88.3 Å². The maximum atomic E-state index is 12.1. The molecule has 0 spiro atoms.